The van der Waals surface area contributed by atoms with E-state index in [-0.39, 0.29) is 54.9 Å². The smallest absolute Gasteiger partial charge is 0.244 e. The number of carbonyl (C=O) groups is 2. The van der Waals surface area contributed by atoms with Crippen LogP contribution in [0.4, 0.5) is 0 Å². The Balaban J connectivity index is 1.37. The fourth-order valence-corrected chi connectivity index (χ4v) is 5.79. The highest BCUT2D eigenvalue weighted by Gasteiger charge is 2.38. The third-order valence-corrected chi connectivity index (χ3v) is 7.91. The molecule has 0 N–H and O–H groups in total. The van der Waals surface area contributed by atoms with Crippen LogP contribution < -0.4 is 0 Å². The second kappa shape index (κ2) is 9.10. The molecule has 2 aliphatic heterocycles. The molecule has 2 amide bonds. The Morgan fingerprint density at radius 2 is 1.66 bits per heavy atom. The lowest BCUT2D eigenvalue weighted by atomic mass is 10.1. The quantitative estimate of drug-likeness (QED) is 0.683. The van der Waals surface area contributed by atoms with Crippen LogP contribution in [0.15, 0.2) is 59.5 Å². The van der Waals surface area contributed by atoms with Gasteiger partial charge >= 0.3 is 0 Å². The zero-order valence-corrected chi connectivity index (χ0v) is 18.4. The van der Waals surface area contributed by atoms with Crippen molar-refractivity contribution in [1.82, 2.24) is 14.1 Å². The van der Waals surface area contributed by atoms with Crippen molar-refractivity contribution in [3.05, 3.63) is 65.7 Å². The molecule has 9 heteroatoms. The Bertz CT molecular complexity index is 1150. The first-order chi connectivity index (χ1) is 15.4. The number of amides is 2. The van der Waals surface area contributed by atoms with Gasteiger partial charge < -0.3 is 9.80 Å². The lowest BCUT2D eigenvalue weighted by Gasteiger charge is -2.35. The molecule has 2 aromatic carbocycles. The van der Waals surface area contributed by atoms with Crippen LogP contribution in [0.25, 0.3) is 0 Å². The highest BCUT2D eigenvalue weighted by molar-refractivity contribution is 7.89. The average molecular weight is 453 g/mol. The van der Waals surface area contributed by atoms with Gasteiger partial charge in [0.1, 0.15) is 6.07 Å². The monoisotopic (exact) mass is 452 g/mol. The van der Waals surface area contributed by atoms with Crippen molar-refractivity contribution in [2.75, 3.05) is 32.7 Å². The van der Waals surface area contributed by atoms with Gasteiger partial charge in [-0.1, -0.05) is 42.5 Å². The summed E-state index contributed by atoms with van der Waals surface area (Å²) in [6, 6.07) is 17.7. The summed E-state index contributed by atoms with van der Waals surface area (Å²) in [5.74, 6) is -0.557. The van der Waals surface area contributed by atoms with Crippen LogP contribution in [0, 0.1) is 17.2 Å². The van der Waals surface area contributed by atoms with E-state index in [0.717, 1.165) is 5.56 Å². The molecule has 2 aromatic rings. The third kappa shape index (κ3) is 4.38. The standard InChI is InChI=1S/C23H24N4O4S/c24-15-19-8-4-5-9-21(19)32(30,31)27-12-10-25(11-13-27)23(29)20-14-22(28)26(17-20)16-18-6-2-1-3-7-18/h1-9,20H,10-14,16-17H2/t20-/m1/s1. The van der Waals surface area contributed by atoms with Crippen molar-refractivity contribution in [2.24, 2.45) is 5.92 Å². The molecule has 2 aliphatic rings. The van der Waals surface area contributed by atoms with Crippen molar-refractivity contribution in [3.63, 3.8) is 0 Å². The Labute approximate surface area is 187 Å². The fourth-order valence-electron chi connectivity index (χ4n) is 4.22. The van der Waals surface area contributed by atoms with Crippen LogP contribution in [0.2, 0.25) is 0 Å². The van der Waals surface area contributed by atoms with E-state index in [0.29, 0.717) is 13.1 Å². The minimum absolute atomic E-state index is 0.0137. The van der Waals surface area contributed by atoms with Crippen molar-refractivity contribution >= 4 is 21.8 Å². The predicted molar refractivity (Wildman–Crippen MR) is 116 cm³/mol. The first-order valence-electron chi connectivity index (χ1n) is 10.5. The topological polar surface area (TPSA) is 102 Å². The van der Waals surface area contributed by atoms with Gasteiger partial charge in [-0.25, -0.2) is 8.42 Å². The first-order valence-corrected chi connectivity index (χ1v) is 11.9. The average Bonchev–Trinajstić information content (AvgIpc) is 3.19. The number of nitrogens with zero attached hydrogens (tertiary/aromatic N) is 4. The summed E-state index contributed by atoms with van der Waals surface area (Å²) in [6.07, 6.45) is 0.180. The fraction of sp³-hybridized carbons (Fsp3) is 0.348. The lowest BCUT2D eigenvalue weighted by molar-refractivity contribution is -0.137. The minimum atomic E-state index is -3.81. The molecule has 1 atom stereocenters. The van der Waals surface area contributed by atoms with Gasteiger partial charge in [-0.05, 0) is 17.7 Å². The number of likely N-dealkylation sites (tertiary alicyclic amines) is 1. The van der Waals surface area contributed by atoms with Crippen LogP contribution in [-0.4, -0.2) is 67.1 Å². The zero-order valence-electron chi connectivity index (χ0n) is 17.6. The maximum absolute atomic E-state index is 13.0. The number of carbonyl (C=O) groups excluding carboxylic acids is 2. The molecular weight excluding hydrogens is 428 g/mol. The largest absolute Gasteiger partial charge is 0.340 e. The molecule has 0 aromatic heterocycles. The molecule has 8 nitrogen and oxygen atoms in total. The third-order valence-electron chi connectivity index (χ3n) is 5.96. The summed E-state index contributed by atoms with van der Waals surface area (Å²) in [6.45, 7) is 1.69. The van der Waals surface area contributed by atoms with Gasteiger partial charge in [-0.3, -0.25) is 9.59 Å². The molecule has 0 aliphatic carbocycles. The predicted octanol–water partition coefficient (Wildman–Crippen LogP) is 1.44. The molecule has 0 saturated carbocycles. The zero-order chi connectivity index (χ0) is 22.7. The Kier molecular flexibility index (Phi) is 6.26. The van der Waals surface area contributed by atoms with E-state index < -0.39 is 15.9 Å². The van der Waals surface area contributed by atoms with Gasteiger partial charge in [0.25, 0.3) is 0 Å². The minimum Gasteiger partial charge on any atom is -0.340 e. The van der Waals surface area contributed by atoms with E-state index in [9.17, 15) is 23.3 Å². The van der Waals surface area contributed by atoms with E-state index in [1.807, 2.05) is 36.4 Å². The van der Waals surface area contributed by atoms with E-state index in [1.54, 1.807) is 21.9 Å². The number of piperazine rings is 1. The Hall–Kier alpha value is -3.22. The molecule has 32 heavy (non-hydrogen) atoms. The van der Waals surface area contributed by atoms with Crippen molar-refractivity contribution in [3.8, 4) is 6.07 Å². The van der Waals surface area contributed by atoms with Gasteiger partial charge in [0.2, 0.25) is 21.8 Å². The SMILES string of the molecule is N#Cc1ccccc1S(=O)(=O)N1CCN(C(=O)[C@@H]2CC(=O)N(Cc3ccccc3)C2)CC1. The number of hydrogen-bond donors (Lipinski definition) is 0. The first kappa shape index (κ1) is 22.0. The number of rotatable bonds is 5. The summed E-state index contributed by atoms with van der Waals surface area (Å²) in [5.41, 5.74) is 1.12. The van der Waals surface area contributed by atoms with Gasteiger partial charge in [-0.15, -0.1) is 0 Å². The maximum Gasteiger partial charge on any atom is 0.244 e. The summed E-state index contributed by atoms with van der Waals surface area (Å²) in [4.78, 5) is 28.8. The molecule has 0 spiro atoms. The highest BCUT2D eigenvalue weighted by Crippen LogP contribution is 2.25. The molecule has 4 rings (SSSR count). The van der Waals surface area contributed by atoms with Crippen LogP contribution in [0.3, 0.4) is 0 Å². The second-order valence-corrected chi connectivity index (χ2v) is 9.90. The van der Waals surface area contributed by atoms with E-state index in [4.69, 9.17) is 0 Å². The normalized spacial score (nSPS) is 19.7. The molecule has 2 saturated heterocycles. The van der Waals surface area contributed by atoms with Crippen molar-refractivity contribution in [2.45, 2.75) is 17.9 Å². The molecule has 2 heterocycles. The Morgan fingerprint density at radius 1 is 1.00 bits per heavy atom. The number of nitriles is 1. The maximum atomic E-state index is 13.0. The van der Waals surface area contributed by atoms with Crippen LogP contribution >= 0.6 is 0 Å². The van der Waals surface area contributed by atoms with Crippen LogP contribution in [0.5, 0.6) is 0 Å². The molecule has 0 unspecified atom stereocenters. The van der Waals surface area contributed by atoms with E-state index >= 15 is 0 Å². The second-order valence-electron chi connectivity index (χ2n) is 8.00. The molecule has 0 bridgehead atoms. The number of hydrogen-bond acceptors (Lipinski definition) is 5. The molecule has 0 radical (unpaired) electrons. The summed E-state index contributed by atoms with van der Waals surface area (Å²) in [7, 11) is -3.81. The lowest BCUT2D eigenvalue weighted by Crippen LogP contribution is -2.52. The number of benzene rings is 2. The molecular formula is C23H24N4O4S. The molecule has 2 fully saturated rings. The van der Waals surface area contributed by atoms with Gasteiger partial charge in [0.05, 0.1) is 16.4 Å². The number of sulfonamides is 1. The summed E-state index contributed by atoms with van der Waals surface area (Å²) >= 11 is 0. The Morgan fingerprint density at radius 3 is 2.34 bits per heavy atom. The van der Waals surface area contributed by atoms with Gasteiger partial charge in [-0.2, -0.15) is 9.57 Å². The van der Waals surface area contributed by atoms with E-state index in [1.165, 1.54) is 16.4 Å². The van der Waals surface area contributed by atoms with E-state index in [2.05, 4.69) is 0 Å². The van der Waals surface area contributed by atoms with Crippen LogP contribution in [-0.2, 0) is 26.2 Å². The van der Waals surface area contributed by atoms with Crippen molar-refractivity contribution in [1.29, 1.82) is 5.26 Å². The molecule has 166 valence electrons. The van der Waals surface area contributed by atoms with Gasteiger partial charge in [0.15, 0.2) is 0 Å². The van der Waals surface area contributed by atoms with Gasteiger partial charge in [0, 0.05) is 45.7 Å². The summed E-state index contributed by atoms with van der Waals surface area (Å²) < 4.78 is 27.3. The van der Waals surface area contributed by atoms with Crippen LogP contribution in [0.1, 0.15) is 17.5 Å². The summed E-state index contributed by atoms with van der Waals surface area (Å²) in [5, 5.41) is 9.23. The van der Waals surface area contributed by atoms with Crippen molar-refractivity contribution < 1.29 is 18.0 Å². The highest BCUT2D eigenvalue weighted by atomic mass is 32.2.